The summed E-state index contributed by atoms with van der Waals surface area (Å²) in [5.41, 5.74) is 1.44. The molecule has 5 heteroatoms. The summed E-state index contributed by atoms with van der Waals surface area (Å²) in [4.78, 5) is 12.3. The lowest BCUT2D eigenvalue weighted by Gasteiger charge is -2.30. The molecule has 1 amide bonds. The van der Waals surface area contributed by atoms with Crippen LogP contribution in [0, 0.1) is 6.92 Å². The third kappa shape index (κ3) is 3.81. The van der Waals surface area contributed by atoms with Crippen molar-refractivity contribution in [1.82, 2.24) is 5.32 Å². The number of hydrogen-bond acceptors (Lipinski definition) is 1. The van der Waals surface area contributed by atoms with E-state index in [4.69, 9.17) is 0 Å². The molecule has 0 radical (unpaired) electrons. The van der Waals surface area contributed by atoms with E-state index in [0.29, 0.717) is 5.56 Å². The van der Waals surface area contributed by atoms with Crippen molar-refractivity contribution >= 4 is 53.7 Å². The Labute approximate surface area is 133 Å². The van der Waals surface area contributed by atoms with E-state index < -0.39 is 0 Å². The molecule has 0 aliphatic heterocycles. The predicted octanol–water partition coefficient (Wildman–Crippen LogP) is 4.43. The highest BCUT2D eigenvalue weighted by atomic mass is 79.9. The van der Waals surface area contributed by atoms with Crippen LogP contribution in [0.3, 0.4) is 0 Å². The molecule has 1 aromatic rings. The number of aryl methyl sites for hydroxylation is 1. The van der Waals surface area contributed by atoms with Gasteiger partial charge in [-0.15, -0.1) is 0 Å². The maximum atomic E-state index is 12.3. The van der Waals surface area contributed by atoms with Gasteiger partial charge in [0, 0.05) is 20.7 Å². The van der Waals surface area contributed by atoms with Gasteiger partial charge in [-0.25, -0.2) is 0 Å². The fraction of sp³-hybridized carbons (Fsp3) is 0.462. The number of rotatable bonds is 5. The van der Waals surface area contributed by atoms with Gasteiger partial charge in [0.25, 0.3) is 5.91 Å². The second-order valence-corrected chi connectivity index (χ2v) is 6.35. The van der Waals surface area contributed by atoms with Crippen molar-refractivity contribution in [3.8, 4) is 0 Å². The molecule has 1 aromatic carbocycles. The van der Waals surface area contributed by atoms with Gasteiger partial charge in [0.2, 0.25) is 0 Å². The number of carbonyl (C=O) groups is 1. The van der Waals surface area contributed by atoms with Crippen LogP contribution >= 0.6 is 47.8 Å². The van der Waals surface area contributed by atoms with Gasteiger partial charge in [0.15, 0.2) is 0 Å². The normalized spacial score (nSPS) is 11.4. The monoisotopic (exact) mass is 439 g/mol. The Hall–Kier alpha value is 0.130. The maximum absolute atomic E-state index is 12.3. The first-order valence-corrected chi connectivity index (χ1v) is 8.72. The van der Waals surface area contributed by atoms with Gasteiger partial charge in [0.1, 0.15) is 0 Å². The molecule has 1 N–H and O–H groups in total. The van der Waals surface area contributed by atoms with E-state index in [-0.39, 0.29) is 11.4 Å². The Bertz CT molecular complexity index is 422. The van der Waals surface area contributed by atoms with Crippen molar-refractivity contribution in [2.24, 2.45) is 0 Å². The van der Waals surface area contributed by atoms with Crippen molar-refractivity contribution in [2.75, 3.05) is 10.7 Å². The van der Waals surface area contributed by atoms with Crippen molar-refractivity contribution in [1.29, 1.82) is 0 Å². The number of benzene rings is 1. The molecule has 100 valence electrons. The maximum Gasteiger partial charge on any atom is 0.252 e. The number of amides is 1. The van der Waals surface area contributed by atoms with Gasteiger partial charge in [-0.05, 0) is 31.0 Å². The van der Waals surface area contributed by atoms with Crippen LogP contribution in [0.5, 0.6) is 0 Å². The first-order valence-electron chi connectivity index (χ1n) is 5.68. The fourth-order valence-corrected chi connectivity index (χ4v) is 3.89. The minimum absolute atomic E-state index is 0.0328. The molecule has 0 unspecified atom stereocenters. The lowest BCUT2D eigenvalue weighted by atomic mass is 10.00. The van der Waals surface area contributed by atoms with E-state index in [2.05, 4.69) is 60.0 Å². The van der Waals surface area contributed by atoms with E-state index in [1.807, 2.05) is 25.1 Å². The SMILES string of the molecule is CCC(CBr)(CBr)NC(=O)c1cc(Br)ccc1C. The summed E-state index contributed by atoms with van der Waals surface area (Å²) in [6.07, 6.45) is 0.863. The minimum atomic E-state index is -0.244. The first kappa shape index (κ1) is 16.2. The third-order valence-corrected chi connectivity index (χ3v) is 5.65. The van der Waals surface area contributed by atoms with Crippen LogP contribution in [0.1, 0.15) is 29.3 Å². The summed E-state index contributed by atoms with van der Waals surface area (Å²) in [5, 5.41) is 4.56. The summed E-state index contributed by atoms with van der Waals surface area (Å²) in [5.74, 6) is -0.0328. The Morgan fingerprint density at radius 2 is 1.94 bits per heavy atom. The number of carbonyl (C=O) groups excluding carboxylic acids is 1. The second kappa shape index (κ2) is 7.06. The summed E-state index contributed by atoms with van der Waals surface area (Å²) in [7, 11) is 0. The van der Waals surface area contributed by atoms with Crippen LogP contribution in [-0.2, 0) is 0 Å². The zero-order valence-electron chi connectivity index (χ0n) is 10.4. The molecule has 0 aliphatic carbocycles. The number of hydrogen-bond donors (Lipinski definition) is 1. The molecular weight excluding hydrogens is 426 g/mol. The zero-order chi connectivity index (χ0) is 13.8. The quantitative estimate of drug-likeness (QED) is 0.673. The van der Waals surface area contributed by atoms with E-state index in [1.54, 1.807) is 0 Å². The molecule has 0 bridgehead atoms. The highest BCUT2D eigenvalue weighted by molar-refractivity contribution is 9.10. The van der Waals surface area contributed by atoms with E-state index in [0.717, 1.165) is 27.1 Å². The Kier molecular flexibility index (Phi) is 6.35. The van der Waals surface area contributed by atoms with Crippen LogP contribution < -0.4 is 5.32 Å². The standard InChI is InChI=1S/C13H16Br3NO/c1-3-13(7-14,8-15)17-12(18)11-6-10(16)5-4-9(11)2/h4-6H,3,7-8H2,1-2H3,(H,17,18). The van der Waals surface area contributed by atoms with E-state index >= 15 is 0 Å². The Morgan fingerprint density at radius 1 is 1.33 bits per heavy atom. The molecule has 0 saturated carbocycles. The molecule has 0 fully saturated rings. The van der Waals surface area contributed by atoms with Crippen molar-refractivity contribution in [3.05, 3.63) is 33.8 Å². The largest absolute Gasteiger partial charge is 0.345 e. The molecule has 0 aromatic heterocycles. The van der Waals surface area contributed by atoms with E-state index in [1.165, 1.54) is 0 Å². The highest BCUT2D eigenvalue weighted by Crippen LogP contribution is 2.20. The lowest BCUT2D eigenvalue weighted by Crippen LogP contribution is -2.51. The average Bonchev–Trinajstić information content (AvgIpc) is 2.38. The zero-order valence-corrected chi connectivity index (χ0v) is 15.2. The topological polar surface area (TPSA) is 29.1 Å². The van der Waals surface area contributed by atoms with Crippen molar-refractivity contribution in [2.45, 2.75) is 25.8 Å². The lowest BCUT2D eigenvalue weighted by molar-refractivity contribution is 0.0914. The van der Waals surface area contributed by atoms with Gasteiger partial charge >= 0.3 is 0 Å². The van der Waals surface area contributed by atoms with Gasteiger partial charge in [0.05, 0.1) is 5.54 Å². The van der Waals surface area contributed by atoms with Crippen LogP contribution in [-0.4, -0.2) is 22.1 Å². The molecule has 0 aliphatic rings. The second-order valence-electron chi connectivity index (χ2n) is 4.31. The number of nitrogens with one attached hydrogen (secondary N) is 1. The molecule has 0 atom stereocenters. The van der Waals surface area contributed by atoms with Crippen LogP contribution in [0.15, 0.2) is 22.7 Å². The molecule has 0 spiro atoms. The number of alkyl halides is 2. The van der Waals surface area contributed by atoms with Crippen LogP contribution in [0.4, 0.5) is 0 Å². The molecular formula is C13H16Br3NO. The number of halogens is 3. The van der Waals surface area contributed by atoms with Crippen molar-refractivity contribution in [3.63, 3.8) is 0 Å². The minimum Gasteiger partial charge on any atom is -0.345 e. The van der Waals surface area contributed by atoms with Crippen LogP contribution in [0.25, 0.3) is 0 Å². The molecule has 1 rings (SSSR count). The Balaban J connectivity index is 2.97. The summed E-state index contributed by atoms with van der Waals surface area (Å²) >= 11 is 10.3. The predicted molar refractivity (Wildman–Crippen MR) is 87.0 cm³/mol. The van der Waals surface area contributed by atoms with Gasteiger partial charge < -0.3 is 5.32 Å². The third-order valence-electron chi connectivity index (χ3n) is 3.01. The molecule has 18 heavy (non-hydrogen) atoms. The highest BCUT2D eigenvalue weighted by Gasteiger charge is 2.28. The summed E-state index contributed by atoms with van der Waals surface area (Å²) in [6, 6.07) is 5.73. The molecule has 0 heterocycles. The van der Waals surface area contributed by atoms with E-state index in [9.17, 15) is 4.79 Å². The molecule has 0 saturated heterocycles. The van der Waals surface area contributed by atoms with Gasteiger partial charge in [-0.3, -0.25) is 4.79 Å². The molecule has 2 nitrogen and oxygen atoms in total. The van der Waals surface area contributed by atoms with Gasteiger partial charge in [-0.2, -0.15) is 0 Å². The average molecular weight is 442 g/mol. The fourth-order valence-electron chi connectivity index (χ4n) is 1.53. The van der Waals surface area contributed by atoms with Gasteiger partial charge in [-0.1, -0.05) is 60.8 Å². The Morgan fingerprint density at radius 3 is 2.44 bits per heavy atom. The van der Waals surface area contributed by atoms with Crippen LogP contribution in [0.2, 0.25) is 0 Å². The van der Waals surface area contributed by atoms with Crippen molar-refractivity contribution < 1.29 is 4.79 Å². The summed E-state index contributed by atoms with van der Waals surface area (Å²) < 4.78 is 0.915. The summed E-state index contributed by atoms with van der Waals surface area (Å²) in [6.45, 7) is 4.01. The first-order chi connectivity index (χ1) is 8.48. The smallest absolute Gasteiger partial charge is 0.252 e.